The molecule has 0 aliphatic heterocycles. The number of nitrogens with zero attached hydrogens (tertiary/aromatic N) is 2. The highest BCUT2D eigenvalue weighted by atomic mass is 127. The number of pyridine rings is 1. The average molecular weight is 492 g/mol. The molecule has 1 aromatic carbocycles. The Kier molecular flexibility index (Phi) is 10.4. The van der Waals surface area contributed by atoms with Crippen LogP contribution in [0.15, 0.2) is 47.6 Å². The van der Waals surface area contributed by atoms with E-state index in [0.29, 0.717) is 25.7 Å². The van der Waals surface area contributed by atoms with E-state index in [9.17, 15) is 8.78 Å². The fourth-order valence-corrected chi connectivity index (χ4v) is 2.21. The Balaban J connectivity index is 0.00000364. The summed E-state index contributed by atoms with van der Waals surface area (Å²) in [6.07, 6.45) is 1.73. The topological polar surface area (TPSA) is 67.8 Å². The molecule has 1 heterocycles. The molecule has 0 aliphatic carbocycles. The maximum absolute atomic E-state index is 12.4. The van der Waals surface area contributed by atoms with Gasteiger partial charge < -0.3 is 20.1 Å². The number of aliphatic imine (C=N–C) groups is 1. The van der Waals surface area contributed by atoms with Gasteiger partial charge in [0.25, 0.3) is 0 Å². The summed E-state index contributed by atoms with van der Waals surface area (Å²) in [5.74, 6) is 0.897. The van der Waals surface area contributed by atoms with E-state index in [0.717, 1.165) is 11.3 Å². The summed E-state index contributed by atoms with van der Waals surface area (Å²) >= 11 is 0. The normalized spacial score (nSPS) is 10.9. The van der Waals surface area contributed by atoms with Gasteiger partial charge in [-0.05, 0) is 36.8 Å². The van der Waals surface area contributed by atoms with Crippen molar-refractivity contribution in [3.63, 3.8) is 0 Å². The van der Waals surface area contributed by atoms with E-state index >= 15 is 0 Å². The molecule has 0 fully saturated rings. The van der Waals surface area contributed by atoms with Gasteiger partial charge in [0.1, 0.15) is 0 Å². The largest absolute Gasteiger partial charge is 0.490 e. The van der Waals surface area contributed by atoms with Gasteiger partial charge in [-0.2, -0.15) is 8.78 Å². The van der Waals surface area contributed by atoms with Gasteiger partial charge >= 0.3 is 6.61 Å². The average Bonchev–Trinajstić information content (AvgIpc) is 2.64. The third kappa shape index (κ3) is 7.94. The fourth-order valence-electron chi connectivity index (χ4n) is 2.21. The molecule has 1 aromatic heterocycles. The van der Waals surface area contributed by atoms with Gasteiger partial charge in [0, 0.05) is 19.8 Å². The van der Waals surface area contributed by atoms with Crippen molar-refractivity contribution in [2.45, 2.75) is 26.6 Å². The second kappa shape index (κ2) is 12.3. The zero-order valence-electron chi connectivity index (χ0n) is 15.1. The second-order valence-corrected chi connectivity index (χ2v) is 5.19. The maximum atomic E-state index is 12.4. The van der Waals surface area contributed by atoms with E-state index in [1.807, 2.05) is 18.2 Å². The van der Waals surface area contributed by atoms with Gasteiger partial charge in [-0.25, -0.2) is 0 Å². The van der Waals surface area contributed by atoms with Crippen molar-refractivity contribution in [1.29, 1.82) is 0 Å². The van der Waals surface area contributed by atoms with Crippen LogP contribution in [0, 0.1) is 0 Å². The molecule has 0 unspecified atom stereocenters. The number of rotatable bonds is 8. The summed E-state index contributed by atoms with van der Waals surface area (Å²) in [5, 5.41) is 6.31. The molecular formula is C18H23F2IN4O2. The third-order valence-corrected chi connectivity index (χ3v) is 3.37. The SMILES string of the molecule is CCOc1cc(CNC(=NC)NCc2ccccn2)ccc1OC(F)F.I. The van der Waals surface area contributed by atoms with Crippen LogP contribution in [0.5, 0.6) is 11.5 Å². The molecule has 6 nitrogen and oxygen atoms in total. The molecule has 0 bridgehead atoms. The Bertz CT molecular complexity index is 718. The van der Waals surface area contributed by atoms with E-state index in [2.05, 4.69) is 25.3 Å². The number of hydrogen-bond acceptors (Lipinski definition) is 4. The van der Waals surface area contributed by atoms with Crippen LogP contribution >= 0.6 is 24.0 Å². The maximum Gasteiger partial charge on any atom is 0.387 e. The number of alkyl halides is 2. The molecule has 2 N–H and O–H groups in total. The summed E-state index contributed by atoms with van der Waals surface area (Å²) in [7, 11) is 1.67. The monoisotopic (exact) mass is 492 g/mol. The quantitative estimate of drug-likeness (QED) is 0.335. The molecule has 9 heteroatoms. The first-order chi connectivity index (χ1) is 12.6. The van der Waals surface area contributed by atoms with E-state index < -0.39 is 6.61 Å². The van der Waals surface area contributed by atoms with Crippen LogP contribution in [0.3, 0.4) is 0 Å². The molecule has 0 aliphatic rings. The van der Waals surface area contributed by atoms with Gasteiger partial charge in [-0.3, -0.25) is 9.98 Å². The van der Waals surface area contributed by atoms with Gasteiger partial charge in [0.15, 0.2) is 17.5 Å². The van der Waals surface area contributed by atoms with E-state index in [-0.39, 0.29) is 35.5 Å². The van der Waals surface area contributed by atoms with Crippen LogP contribution in [0.2, 0.25) is 0 Å². The molecule has 148 valence electrons. The molecule has 0 saturated carbocycles. The van der Waals surface area contributed by atoms with Crippen molar-refractivity contribution in [2.24, 2.45) is 4.99 Å². The van der Waals surface area contributed by atoms with Crippen LogP contribution in [0.4, 0.5) is 8.78 Å². The zero-order valence-corrected chi connectivity index (χ0v) is 17.4. The minimum atomic E-state index is -2.90. The number of aromatic nitrogens is 1. The number of nitrogens with one attached hydrogen (secondary N) is 2. The third-order valence-electron chi connectivity index (χ3n) is 3.37. The summed E-state index contributed by atoms with van der Waals surface area (Å²) in [6.45, 7) is 0.209. The Morgan fingerprint density at radius 1 is 1.15 bits per heavy atom. The molecule has 2 aromatic rings. The van der Waals surface area contributed by atoms with Crippen molar-refractivity contribution in [3.8, 4) is 11.5 Å². The first-order valence-electron chi connectivity index (χ1n) is 8.17. The first kappa shape index (κ1) is 22.9. The molecule has 0 amide bonds. The fraction of sp³-hybridized carbons (Fsp3) is 0.333. The molecular weight excluding hydrogens is 469 g/mol. The lowest BCUT2D eigenvalue weighted by Crippen LogP contribution is -2.36. The minimum absolute atomic E-state index is 0. The van der Waals surface area contributed by atoms with Crippen molar-refractivity contribution < 1.29 is 18.3 Å². The lowest BCUT2D eigenvalue weighted by Gasteiger charge is -2.14. The van der Waals surface area contributed by atoms with Crippen LogP contribution < -0.4 is 20.1 Å². The molecule has 2 rings (SSSR count). The zero-order chi connectivity index (χ0) is 18.8. The van der Waals surface area contributed by atoms with Crippen LogP contribution in [0.25, 0.3) is 0 Å². The standard InChI is InChI=1S/C18H22F2N4O2.HI/c1-3-25-16-10-13(7-8-15(16)26-17(19)20)11-23-18(21-2)24-12-14-6-4-5-9-22-14;/h4-10,17H,3,11-12H2,1-2H3,(H2,21,23,24);1H. The summed E-state index contributed by atoms with van der Waals surface area (Å²) < 4.78 is 34.7. The number of benzene rings is 1. The van der Waals surface area contributed by atoms with E-state index in [4.69, 9.17) is 4.74 Å². The Morgan fingerprint density at radius 3 is 2.56 bits per heavy atom. The lowest BCUT2D eigenvalue weighted by molar-refractivity contribution is -0.0514. The second-order valence-electron chi connectivity index (χ2n) is 5.19. The predicted octanol–water partition coefficient (Wildman–Crippen LogP) is 3.56. The van der Waals surface area contributed by atoms with E-state index in [1.54, 1.807) is 32.3 Å². The number of ether oxygens (including phenoxy) is 2. The summed E-state index contributed by atoms with van der Waals surface area (Å²) in [4.78, 5) is 8.38. The van der Waals surface area contributed by atoms with Crippen molar-refractivity contribution in [3.05, 3.63) is 53.9 Å². The number of halogens is 3. The van der Waals surface area contributed by atoms with Gasteiger partial charge in [0.2, 0.25) is 0 Å². The minimum Gasteiger partial charge on any atom is -0.490 e. The first-order valence-corrected chi connectivity index (χ1v) is 8.17. The highest BCUT2D eigenvalue weighted by Gasteiger charge is 2.11. The number of hydrogen-bond donors (Lipinski definition) is 2. The lowest BCUT2D eigenvalue weighted by atomic mass is 10.2. The van der Waals surface area contributed by atoms with Crippen molar-refractivity contribution >= 4 is 29.9 Å². The summed E-state index contributed by atoms with van der Waals surface area (Å²) in [6, 6.07) is 10.5. The molecule has 0 saturated heterocycles. The Morgan fingerprint density at radius 2 is 1.93 bits per heavy atom. The molecule has 0 atom stereocenters. The van der Waals surface area contributed by atoms with Crippen LogP contribution in [-0.4, -0.2) is 31.2 Å². The van der Waals surface area contributed by atoms with Gasteiger partial charge in [0.05, 0.1) is 18.8 Å². The molecule has 0 radical (unpaired) electrons. The highest BCUT2D eigenvalue weighted by Crippen LogP contribution is 2.29. The van der Waals surface area contributed by atoms with E-state index in [1.165, 1.54) is 6.07 Å². The van der Waals surface area contributed by atoms with Gasteiger partial charge in [-0.15, -0.1) is 24.0 Å². The highest BCUT2D eigenvalue weighted by molar-refractivity contribution is 14.0. The van der Waals surface area contributed by atoms with Crippen molar-refractivity contribution in [2.75, 3.05) is 13.7 Å². The Hall–Kier alpha value is -2.17. The van der Waals surface area contributed by atoms with Crippen LogP contribution in [0.1, 0.15) is 18.2 Å². The predicted molar refractivity (Wildman–Crippen MR) is 111 cm³/mol. The smallest absolute Gasteiger partial charge is 0.387 e. The van der Waals surface area contributed by atoms with Gasteiger partial charge in [-0.1, -0.05) is 12.1 Å². The Labute approximate surface area is 174 Å². The molecule has 0 spiro atoms. The summed E-state index contributed by atoms with van der Waals surface area (Å²) in [5.41, 5.74) is 1.73. The van der Waals surface area contributed by atoms with Crippen LogP contribution in [-0.2, 0) is 13.1 Å². The molecule has 27 heavy (non-hydrogen) atoms. The number of guanidine groups is 1. The van der Waals surface area contributed by atoms with Crippen molar-refractivity contribution in [1.82, 2.24) is 15.6 Å².